The van der Waals surface area contributed by atoms with Crippen LogP contribution in [-0.2, 0) is 11.2 Å². The molecular weight excluding hydrogens is 286 g/mol. The molecule has 0 aliphatic heterocycles. The highest BCUT2D eigenvalue weighted by Gasteiger charge is 2.32. The molecular formula is C15H15N3O4. The second kappa shape index (κ2) is 5.59. The molecule has 2 aromatic rings. The number of nitrogens with one attached hydrogen (secondary N) is 1. The zero-order chi connectivity index (χ0) is 15.7. The molecule has 1 amide bonds. The summed E-state index contributed by atoms with van der Waals surface area (Å²) >= 11 is 0. The third-order valence-electron chi connectivity index (χ3n) is 3.64. The molecule has 0 spiro atoms. The summed E-state index contributed by atoms with van der Waals surface area (Å²) in [5.41, 5.74) is 1.55. The molecule has 114 valence electrons. The maximum Gasteiger partial charge on any atom is 0.273 e. The number of carbonyl (C=O) groups is 1. The molecule has 0 bridgehead atoms. The van der Waals surface area contributed by atoms with Crippen molar-refractivity contribution in [3.63, 3.8) is 0 Å². The van der Waals surface area contributed by atoms with Gasteiger partial charge in [-0.2, -0.15) is 0 Å². The Labute approximate surface area is 126 Å². The minimum atomic E-state index is -0.483. The summed E-state index contributed by atoms with van der Waals surface area (Å²) in [5.74, 6) is 0.707. The van der Waals surface area contributed by atoms with Crippen LogP contribution in [0.3, 0.4) is 0 Å². The highest BCUT2D eigenvalue weighted by Crippen LogP contribution is 2.44. The molecule has 1 aromatic carbocycles. The Morgan fingerprint density at radius 1 is 1.45 bits per heavy atom. The van der Waals surface area contributed by atoms with Crippen LogP contribution in [0.15, 0.2) is 28.8 Å². The number of carbonyl (C=O) groups excluding carboxylic acids is 1. The number of rotatable bonds is 5. The van der Waals surface area contributed by atoms with Crippen LogP contribution in [0.4, 0.5) is 11.4 Å². The summed E-state index contributed by atoms with van der Waals surface area (Å²) in [6.45, 7) is 1.76. The molecule has 7 heteroatoms. The van der Waals surface area contributed by atoms with Crippen molar-refractivity contribution in [2.24, 2.45) is 0 Å². The van der Waals surface area contributed by atoms with Crippen molar-refractivity contribution in [3.8, 4) is 0 Å². The van der Waals surface area contributed by atoms with E-state index < -0.39 is 4.92 Å². The molecule has 0 unspecified atom stereocenters. The molecule has 3 rings (SSSR count). The van der Waals surface area contributed by atoms with Crippen molar-refractivity contribution in [1.82, 2.24) is 5.16 Å². The molecule has 7 nitrogen and oxygen atoms in total. The number of benzene rings is 1. The average molecular weight is 301 g/mol. The summed E-state index contributed by atoms with van der Waals surface area (Å²) in [4.78, 5) is 22.7. The van der Waals surface area contributed by atoms with Gasteiger partial charge in [0, 0.05) is 17.5 Å². The van der Waals surface area contributed by atoms with Gasteiger partial charge in [-0.25, -0.2) is 0 Å². The predicted octanol–water partition coefficient (Wildman–Crippen LogP) is 2.95. The van der Waals surface area contributed by atoms with Crippen molar-refractivity contribution >= 4 is 17.3 Å². The Morgan fingerprint density at radius 2 is 2.18 bits per heavy atom. The smallest absolute Gasteiger partial charge is 0.273 e. The quantitative estimate of drug-likeness (QED) is 0.676. The fourth-order valence-electron chi connectivity index (χ4n) is 2.36. The van der Waals surface area contributed by atoms with Crippen LogP contribution in [0.25, 0.3) is 0 Å². The van der Waals surface area contributed by atoms with Gasteiger partial charge < -0.3 is 9.84 Å². The lowest BCUT2D eigenvalue weighted by molar-refractivity contribution is -0.385. The van der Waals surface area contributed by atoms with Crippen molar-refractivity contribution in [3.05, 3.63) is 51.4 Å². The number of para-hydroxylation sites is 1. The van der Waals surface area contributed by atoms with Crippen LogP contribution in [0.2, 0.25) is 0 Å². The number of aromatic nitrogens is 1. The van der Waals surface area contributed by atoms with Gasteiger partial charge in [0.1, 0.15) is 11.4 Å². The first-order valence-electron chi connectivity index (χ1n) is 7.04. The molecule has 1 N–H and O–H groups in total. The number of amides is 1. The SMILES string of the molecule is Cc1noc(C2CC2)c1NC(=O)Cc1ccccc1[N+](=O)[O-]. The van der Waals surface area contributed by atoms with Crippen LogP contribution in [0, 0.1) is 17.0 Å². The number of nitro groups is 1. The van der Waals surface area contributed by atoms with Gasteiger partial charge in [0.15, 0.2) is 5.76 Å². The molecule has 1 heterocycles. The van der Waals surface area contributed by atoms with Gasteiger partial charge in [-0.15, -0.1) is 0 Å². The molecule has 1 fully saturated rings. The van der Waals surface area contributed by atoms with E-state index in [4.69, 9.17) is 4.52 Å². The van der Waals surface area contributed by atoms with E-state index in [0.29, 0.717) is 28.6 Å². The van der Waals surface area contributed by atoms with Crippen LogP contribution >= 0.6 is 0 Å². The van der Waals surface area contributed by atoms with Gasteiger partial charge in [-0.3, -0.25) is 14.9 Å². The fraction of sp³-hybridized carbons (Fsp3) is 0.333. The minimum absolute atomic E-state index is 0.0536. The maximum atomic E-state index is 12.2. The second-order valence-electron chi connectivity index (χ2n) is 5.39. The highest BCUT2D eigenvalue weighted by molar-refractivity contribution is 5.93. The van der Waals surface area contributed by atoms with Gasteiger partial charge in [0.05, 0.1) is 11.3 Å². The normalized spacial score (nSPS) is 13.9. The maximum absolute atomic E-state index is 12.2. The average Bonchev–Trinajstić information content (AvgIpc) is 3.26. The Balaban J connectivity index is 1.76. The van der Waals surface area contributed by atoms with Gasteiger partial charge in [0.2, 0.25) is 5.91 Å². The van der Waals surface area contributed by atoms with E-state index in [2.05, 4.69) is 10.5 Å². The van der Waals surface area contributed by atoms with Crippen molar-refractivity contribution in [2.75, 3.05) is 5.32 Å². The summed E-state index contributed by atoms with van der Waals surface area (Å²) in [6.07, 6.45) is 2.00. The standard InChI is InChI=1S/C15H15N3O4/c1-9-14(15(22-17-9)10-6-7-10)16-13(19)8-11-4-2-3-5-12(11)18(20)21/h2-5,10H,6-8H2,1H3,(H,16,19). The Kier molecular flexibility index (Phi) is 3.62. The Bertz CT molecular complexity index is 734. The van der Waals surface area contributed by atoms with Gasteiger partial charge >= 0.3 is 0 Å². The molecule has 0 radical (unpaired) electrons. The molecule has 0 atom stereocenters. The predicted molar refractivity (Wildman–Crippen MR) is 78.6 cm³/mol. The van der Waals surface area contributed by atoms with Crippen LogP contribution in [-0.4, -0.2) is 16.0 Å². The van der Waals surface area contributed by atoms with E-state index in [1.54, 1.807) is 25.1 Å². The molecule has 1 aliphatic rings. The van der Waals surface area contributed by atoms with Gasteiger partial charge in [-0.05, 0) is 19.8 Å². The third-order valence-corrected chi connectivity index (χ3v) is 3.64. The number of anilines is 1. The van der Waals surface area contributed by atoms with Gasteiger partial charge in [-0.1, -0.05) is 23.4 Å². The summed E-state index contributed by atoms with van der Waals surface area (Å²) in [5, 5.41) is 17.6. The lowest BCUT2D eigenvalue weighted by atomic mass is 10.1. The zero-order valence-corrected chi connectivity index (χ0v) is 12.0. The van der Waals surface area contributed by atoms with E-state index in [9.17, 15) is 14.9 Å². The first kappa shape index (κ1) is 14.2. The van der Waals surface area contributed by atoms with Crippen molar-refractivity contribution in [2.45, 2.75) is 32.1 Å². The van der Waals surface area contributed by atoms with E-state index >= 15 is 0 Å². The molecule has 1 aromatic heterocycles. The topological polar surface area (TPSA) is 98.3 Å². The monoisotopic (exact) mass is 301 g/mol. The molecule has 0 saturated heterocycles. The highest BCUT2D eigenvalue weighted by atomic mass is 16.6. The zero-order valence-electron chi connectivity index (χ0n) is 12.0. The summed E-state index contributed by atoms with van der Waals surface area (Å²) in [6, 6.07) is 6.23. The number of nitrogens with zero attached hydrogens (tertiary/aromatic N) is 2. The van der Waals surface area contributed by atoms with Crippen molar-refractivity contribution < 1.29 is 14.2 Å². The second-order valence-corrected chi connectivity index (χ2v) is 5.39. The number of hydrogen-bond acceptors (Lipinski definition) is 5. The summed E-state index contributed by atoms with van der Waals surface area (Å²) < 4.78 is 5.26. The lowest BCUT2D eigenvalue weighted by Crippen LogP contribution is -2.16. The van der Waals surface area contributed by atoms with E-state index in [0.717, 1.165) is 12.8 Å². The minimum Gasteiger partial charge on any atom is -0.359 e. The molecule has 1 aliphatic carbocycles. The van der Waals surface area contributed by atoms with Gasteiger partial charge in [0.25, 0.3) is 5.69 Å². The van der Waals surface area contributed by atoms with Crippen LogP contribution < -0.4 is 5.32 Å². The first-order chi connectivity index (χ1) is 10.6. The number of aryl methyl sites for hydroxylation is 1. The molecule has 22 heavy (non-hydrogen) atoms. The lowest BCUT2D eigenvalue weighted by Gasteiger charge is -2.06. The van der Waals surface area contributed by atoms with Crippen LogP contribution in [0.5, 0.6) is 0 Å². The van der Waals surface area contributed by atoms with E-state index in [-0.39, 0.29) is 18.0 Å². The Morgan fingerprint density at radius 3 is 2.86 bits per heavy atom. The van der Waals surface area contributed by atoms with E-state index in [1.807, 2.05) is 0 Å². The number of nitro benzene ring substituents is 1. The van der Waals surface area contributed by atoms with E-state index in [1.165, 1.54) is 6.07 Å². The fourth-order valence-corrected chi connectivity index (χ4v) is 2.36. The Hall–Kier alpha value is -2.70. The van der Waals surface area contributed by atoms with Crippen molar-refractivity contribution in [1.29, 1.82) is 0 Å². The largest absolute Gasteiger partial charge is 0.359 e. The van der Waals surface area contributed by atoms with Crippen LogP contribution in [0.1, 0.15) is 35.8 Å². The first-order valence-corrected chi connectivity index (χ1v) is 7.04. The third kappa shape index (κ3) is 2.83. The molecule has 1 saturated carbocycles. The number of hydrogen-bond donors (Lipinski definition) is 1. The summed E-state index contributed by atoms with van der Waals surface area (Å²) in [7, 11) is 0.